The van der Waals surface area contributed by atoms with Gasteiger partial charge < -0.3 is 10.1 Å². The van der Waals surface area contributed by atoms with Crippen molar-refractivity contribution in [3.8, 4) is 0 Å². The molecule has 0 saturated carbocycles. The minimum atomic E-state index is -3.47. The maximum atomic E-state index is 12.2. The average molecular weight is 356 g/mol. The summed E-state index contributed by atoms with van der Waals surface area (Å²) in [5, 5.41) is 2.59. The quantitative estimate of drug-likeness (QED) is 0.880. The molecule has 6 nitrogen and oxygen atoms in total. The molecule has 1 amide bonds. The lowest BCUT2D eigenvalue weighted by atomic mass is 10.1. The Hall–Kier alpha value is -1.76. The van der Waals surface area contributed by atoms with Crippen LogP contribution in [0.25, 0.3) is 0 Å². The third-order valence-electron chi connectivity index (χ3n) is 3.27. The molecule has 0 aliphatic carbocycles. The van der Waals surface area contributed by atoms with E-state index in [1.54, 1.807) is 20.8 Å². The van der Waals surface area contributed by atoms with Gasteiger partial charge in [0.05, 0.1) is 18.5 Å². The molecule has 136 valence electrons. The molecule has 1 rings (SSSR count). The van der Waals surface area contributed by atoms with Crippen LogP contribution in [0, 0.1) is 20.8 Å². The zero-order chi connectivity index (χ0) is 18.7. The number of hydrogen-bond donors (Lipinski definition) is 1. The van der Waals surface area contributed by atoms with E-state index in [0.717, 1.165) is 16.7 Å². The summed E-state index contributed by atoms with van der Waals surface area (Å²) in [5.41, 5.74) is 2.92. The maximum absolute atomic E-state index is 12.2. The highest BCUT2D eigenvalue weighted by Gasteiger charge is 2.22. The molecule has 0 bridgehead atoms. The molecule has 0 saturated heterocycles. The summed E-state index contributed by atoms with van der Waals surface area (Å²) in [5.74, 6) is 0. The van der Waals surface area contributed by atoms with Crippen molar-refractivity contribution in [2.45, 2.75) is 47.1 Å². The first-order valence-corrected chi connectivity index (χ1v) is 9.68. The number of hydrogen-bond acceptors (Lipinski definition) is 4. The van der Waals surface area contributed by atoms with E-state index in [0.29, 0.717) is 5.69 Å². The zero-order valence-electron chi connectivity index (χ0n) is 15.6. The lowest BCUT2D eigenvalue weighted by Gasteiger charge is -2.27. The summed E-state index contributed by atoms with van der Waals surface area (Å²) < 4.78 is 30.9. The number of alkyl carbamates (subject to hydrolysis) is 1. The fourth-order valence-corrected chi connectivity index (χ4v) is 3.63. The number of benzene rings is 1. The minimum Gasteiger partial charge on any atom is -0.444 e. The van der Waals surface area contributed by atoms with Gasteiger partial charge in [0.25, 0.3) is 0 Å². The van der Waals surface area contributed by atoms with Crippen LogP contribution in [0.3, 0.4) is 0 Å². The van der Waals surface area contributed by atoms with Gasteiger partial charge in [-0.15, -0.1) is 0 Å². The monoisotopic (exact) mass is 356 g/mol. The van der Waals surface area contributed by atoms with E-state index in [2.05, 4.69) is 5.32 Å². The number of ether oxygens (including phenoxy) is 1. The molecule has 1 aromatic rings. The van der Waals surface area contributed by atoms with Crippen molar-refractivity contribution >= 4 is 21.8 Å². The highest BCUT2D eigenvalue weighted by molar-refractivity contribution is 7.92. The SMILES string of the molecule is Cc1cc(C)c(N(CCNC(=O)OC(C)(C)C)S(C)(=O)=O)c(C)c1. The highest BCUT2D eigenvalue weighted by Crippen LogP contribution is 2.27. The van der Waals surface area contributed by atoms with E-state index in [-0.39, 0.29) is 13.1 Å². The van der Waals surface area contributed by atoms with Gasteiger partial charge in [-0.05, 0) is 52.7 Å². The van der Waals surface area contributed by atoms with Crippen LogP contribution in [-0.4, -0.2) is 39.5 Å². The summed E-state index contributed by atoms with van der Waals surface area (Å²) in [7, 11) is -3.47. The van der Waals surface area contributed by atoms with Gasteiger partial charge in [0.15, 0.2) is 0 Å². The predicted octanol–water partition coefficient (Wildman–Crippen LogP) is 2.90. The van der Waals surface area contributed by atoms with Gasteiger partial charge in [-0.3, -0.25) is 4.31 Å². The van der Waals surface area contributed by atoms with Crippen LogP contribution in [0.5, 0.6) is 0 Å². The second-order valence-electron chi connectivity index (χ2n) is 7.01. The van der Waals surface area contributed by atoms with Crippen LogP contribution in [0.1, 0.15) is 37.5 Å². The Kier molecular flexibility index (Phi) is 6.27. The van der Waals surface area contributed by atoms with Gasteiger partial charge in [0, 0.05) is 6.54 Å². The molecule has 0 aromatic heterocycles. The van der Waals surface area contributed by atoms with Gasteiger partial charge in [-0.2, -0.15) is 0 Å². The standard InChI is InChI=1S/C17H28N2O4S/c1-12-10-13(2)15(14(3)11-12)19(24(7,21)22)9-8-18-16(20)23-17(4,5)6/h10-11H,8-9H2,1-7H3,(H,18,20). The Morgan fingerprint density at radius 2 is 1.67 bits per heavy atom. The number of anilines is 1. The lowest BCUT2D eigenvalue weighted by Crippen LogP contribution is -2.40. The lowest BCUT2D eigenvalue weighted by molar-refractivity contribution is 0.0529. The number of amides is 1. The van der Waals surface area contributed by atoms with Crippen LogP contribution >= 0.6 is 0 Å². The first kappa shape index (κ1) is 20.3. The Bertz CT molecular complexity index is 683. The number of nitrogens with one attached hydrogen (secondary N) is 1. The largest absolute Gasteiger partial charge is 0.444 e. The summed E-state index contributed by atoms with van der Waals surface area (Å²) in [6, 6.07) is 3.89. The van der Waals surface area contributed by atoms with Crippen molar-refractivity contribution in [3.05, 3.63) is 28.8 Å². The fourth-order valence-electron chi connectivity index (χ4n) is 2.58. The number of sulfonamides is 1. The van der Waals surface area contributed by atoms with Crippen LogP contribution in [0.15, 0.2) is 12.1 Å². The third-order valence-corrected chi connectivity index (χ3v) is 4.43. The number of nitrogens with zero attached hydrogens (tertiary/aromatic N) is 1. The number of aryl methyl sites for hydroxylation is 3. The van der Waals surface area contributed by atoms with Crippen molar-refractivity contribution in [1.29, 1.82) is 0 Å². The Morgan fingerprint density at radius 1 is 1.17 bits per heavy atom. The molecular formula is C17H28N2O4S. The zero-order valence-corrected chi connectivity index (χ0v) is 16.4. The highest BCUT2D eigenvalue weighted by atomic mass is 32.2. The summed E-state index contributed by atoms with van der Waals surface area (Å²) >= 11 is 0. The third kappa shape index (κ3) is 6.03. The van der Waals surface area contributed by atoms with Crippen LogP contribution in [0.2, 0.25) is 0 Å². The Balaban J connectivity index is 2.93. The summed E-state index contributed by atoms with van der Waals surface area (Å²) in [6.07, 6.45) is 0.604. The fraction of sp³-hybridized carbons (Fsp3) is 0.588. The van der Waals surface area contributed by atoms with Crippen molar-refractivity contribution in [3.63, 3.8) is 0 Å². The van der Waals surface area contributed by atoms with Crippen LogP contribution in [0.4, 0.5) is 10.5 Å². The average Bonchev–Trinajstić information content (AvgIpc) is 2.32. The van der Waals surface area contributed by atoms with Crippen molar-refractivity contribution in [2.24, 2.45) is 0 Å². The van der Waals surface area contributed by atoms with Crippen LogP contribution < -0.4 is 9.62 Å². The molecule has 1 N–H and O–H groups in total. The molecule has 7 heteroatoms. The van der Waals surface area contributed by atoms with E-state index in [1.807, 2.05) is 32.9 Å². The van der Waals surface area contributed by atoms with E-state index in [1.165, 1.54) is 10.6 Å². The molecule has 0 unspecified atom stereocenters. The van der Waals surface area contributed by atoms with E-state index in [9.17, 15) is 13.2 Å². The minimum absolute atomic E-state index is 0.142. The van der Waals surface area contributed by atoms with Gasteiger partial charge in [0.1, 0.15) is 5.60 Å². The van der Waals surface area contributed by atoms with Crippen molar-refractivity contribution < 1.29 is 17.9 Å². The molecule has 0 atom stereocenters. The molecule has 24 heavy (non-hydrogen) atoms. The smallest absolute Gasteiger partial charge is 0.407 e. The van der Waals surface area contributed by atoms with E-state index < -0.39 is 21.7 Å². The molecule has 0 aliphatic heterocycles. The van der Waals surface area contributed by atoms with Crippen molar-refractivity contribution in [1.82, 2.24) is 5.32 Å². The molecule has 0 fully saturated rings. The molecular weight excluding hydrogens is 328 g/mol. The van der Waals surface area contributed by atoms with Crippen molar-refractivity contribution in [2.75, 3.05) is 23.7 Å². The number of carbonyl (C=O) groups is 1. The molecule has 0 aliphatic rings. The summed E-state index contributed by atoms with van der Waals surface area (Å²) in [4.78, 5) is 11.7. The topological polar surface area (TPSA) is 75.7 Å². The molecule has 0 radical (unpaired) electrons. The molecule has 1 aromatic carbocycles. The van der Waals surface area contributed by atoms with Gasteiger partial charge in [0.2, 0.25) is 10.0 Å². The molecule has 0 spiro atoms. The first-order valence-electron chi connectivity index (χ1n) is 7.83. The Morgan fingerprint density at radius 3 is 2.08 bits per heavy atom. The van der Waals surface area contributed by atoms with E-state index in [4.69, 9.17) is 4.74 Å². The second-order valence-corrected chi connectivity index (χ2v) is 8.92. The number of carbonyl (C=O) groups excluding carboxylic acids is 1. The van der Waals surface area contributed by atoms with Crippen LogP contribution in [-0.2, 0) is 14.8 Å². The normalized spacial score (nSPS) is 12.0. The van der Waals surface area contributed by atoms with Gasteiger partial charge in [-0.1, -0.05) is 17.7 Å². The second kappa shape index (κ2) is 7.42. The maximum Gasteiger partial charge on any atom is 0.407 e. The summed E-state index contributed by atoms with van der Waals surface area (Å²) in [6.45, 7) is 11.4. The Labute approximate surface area is 145 Å². The first-order chi connectivity index (χ1) is 10.8. The predicted molar refractivity (Wildman–Crippen MR) is 97.1 cm³/mol. The van der Waals surface area contributed by atoms with Gasteiger partial charge >= 0.3 is 6.09 Å². The van der Waals surface area contributed by atoms with E-state index >= 15 is 0 Å². The van der Waals surface area contributed by atoms with Gasteiger partial charge in [-0.25, -0.2) is 13.2 Å². The molecule has 0 heterocycles. The number of rotatable bonds is 5.